The molecule has 1 aromatic rings. The summed E-state index contributed by atoms with van der Waals surface area (Å²) in [7, 11) is 0. The zero-order chi connectivity index (χ0) is 19.5. The van der Waals surface area contributed by atoms with E-state index in [-0.39, 0.29) is 17.9 Å². The average Bonchev–Trinajstić information content (AvgIpc) is 3.04. The zero-order valence-electron chi connectivity index (χ0n) is 17.2. The van der Waals surface area contributed by atoms with Gasteiger partial charge in [-0.15, -0.1) is 0 Å². The molecule has 152 valence electrons. The van der Waals surface area contributed by atoms with E-state index in [2.05, 4.69) is 11.8 Å². The number of amides is 2. The van der Waals surface area contributed by atoms with Gasteiger partial charge in [0.25, 0.3) is 5.91 Å². The number of hydrogen-bond donors (Lipinski definition) is 0. The van der Waals surface area contributed by atoms with Crippen molar-refractivity contribution in [3.63, 3.8) is 0 Å². The second-order valence-corrected chi connectivity index (χ2v) is 8.84. The number of hydrogen-bond acceptors (Lipinski definition) is 3. The Kier molecular flexibility index (Phi) is 6.15. The predicted octanol–water partition coefficient (Wildman–Crippen LogP) is 4.85. The van der Waals surface area contributed by atoms with Crippen molar-refractivity contribution in [3.8, 4) is 0 Å². The van der Waals surface area contributed by atoms with Crippen LogP contribution in [0.4, 0.5) is 5.69 Å². The molecule has 0 aromatic heterocycles. The van der Waals surface area contributed by atoms with Crippen LogP contribution in [0.1, 0.15) is 83.1 Å². The van der Waals surface area contributed by atoms with Crippen molar-refractivity contribution in [1.82, 2.24) is 4.90 Å². The summed E-state index contributed by atoms with van der Waals surface area (Å²) in [6.07, 6.45) is 13.7. The van der Waals surface area contributed by atoms with Crippen molar-refractivity contribution in [2.75, 3.05) is 4.90 Å². The Morgan fingerprint density at radius 2 is 1.39 bits per heavy atom. The van der Waals surface area contributed by atoms with Crippen LogP contribution in [0.15, 0.2) is 24.3 Å². The van der Waals surface area contributed by atoms with Crippen molar-refractivity contribution in [2.24, 2.45) is 0 Å². The van der Waals surface area contributed by atoms with E-state index in [1.54, 1.807) is 0 Å². The van der Waals surface area contributed by atoms with Gasteiger partial charge in [-0.05, 0) is 49.8 Å². The molecular formula is C24H34N2O2. The summed E-state index contributed by atoms with van der Waals surface area (Å²) in [6.45, 7) is 2.11. The fraction of sp³-hybridized carbons (Fsp3) is 0.667. The van der Waals surface area contributed by atoms with Crippen molar-refractivity contribution in [3.05, 3.63) is 29.8 Å². The average molecular weight is 383 g/mol. The summed E-state index contributed by atoms with van der Waals surface area (Å²) < 4.78 is 0. The number of carbonyl (C=O) groups excluding carboxylic acids is 2. The molecule has 0 spiro atoms. The lowest BCUT2D eigenvalue weighted by Gasteiger charge is -2.44. The van der Waals surface area contributed by atoms with Gasteiger partial charge < -0.3 is 0 Å². The Morgan fingerprint density at radius 1 is 0.857 bits per heavy atom. The SMILES string of the molecule is CCc1ccc(N2C(=O)CC(N(C3CCCCC3)C3CCCCC3)C2=O)cc1. The number of nitrogens with zero attached hydrogens (tertiary/aromatic N) is 2. The van der Waals surface area contributed by atoms with E-state index in [1.165, 1.54) is 74.7 Å². The molecule has 4 nitrogen and oxygen atoms in total. The Hall–Kier alpha value is -1.68. The Morgan fingerprint density at radius 3 is 1.89 bits per heavy atom. The number of imide groups is 1. The van der Waals surface area contributed by atoms with Crippen LogP contribution in [0.5, 0.6) is 0 Å². The third-order valence-electron chi connectivity index (χ3n) is 7.08. The maximum absolute atomic E-state index is 13.5. The molecule has 3 fully saturated rings. The van der Waals surface area contributed by atoms with Gasteiger partial charge in [-0.3, -0.25) is 14.5 Å². The molecule has 1 atom stereocenters. The first kappa shape index (κ1) is 19.6. The summed E-state index contributed by atoms with van der Waals surface area (Å²) in [5.74, 6) is -0.0266. The molecule has 0 radical (unpaired) electrons. The Bertz CT molecular complexity index is 669. The number of aryl methyl sites for hydroxylation is 1. The van der Waals surface area contributed by atoms with Gasteiger partial charge >= 0.3 is 0 Å². The molecule has 3 aliphatic rings. The van der Waals surface area contributed by atoms with E-state index < -0.39 is 0 Å². The van der Waals surface area contributed by atoms with Crippen molar-refractivity contribution >= 4 is 17.5 Å². The molecule has 2 amide bonds. The first-order chi connectivity index (χ1) is 13.7. The molecule has 0 N–H and O–H groups in total. The third-order valence-corrected chi connectivity index (χ3v) is 7.08. The fourth-order valence-electron chi connectivity index (χ4n) is 5.57. The van der Waals surface area contributed by atoms with Crippen molar-refractivity contribution in [1.29, 1.82) is 0 Å². The lowest BCUT2D eigenvalue weighted by atomic mass is 9.87. The maximum atomic E-state index is 13.5. The number of anilines is 1. The van der Waals surface area contributed by atoms with E-state index in [4.69, 9.17) is 0 Å². The van der Waals surface area contributed by atoms with Gasteiger partial charge in [0.15, 0.2) is 0 Å². The lowest BCUT2D eigenvalue weighted by molar-refractivity contribution is -0.124. The van der Waals surface area contributed by atoms with Crippen LogP contribution in [0.3, 0.4) is 0 Å². The van der Waals surface area contributed by atoms with Crippen LogP contribution in [-0.2, 0) is 16.0 Å². The molecular weight excluding hydrogens is 348 g/mol. The zero-order valence-corrected chi connectivity index (χ0v) is 17.2. The smallest absolute Gasteiger partial charge is 0.251 e. The minimum Gasteiger partial charge on any atom is -0.286 e. The molecule has 0 bridgehead atoms. The van der Waals surface area contributed by atoms with Crippen LogP contribution in [0, 0.1) is 0 Å². The van der Waals surface area contributed by atoms with Gasteiger partial charge in [-0.25, -0.2) is 4.90 Å². The van der Waals surface area contributed by atoms with Crippen molar-refractivity contribution in [2.45, 2.75) is 102 Å². The molecule has 1 saturated heterocycles. The second kappa shape index (κ2) is 8.77. The molecule has 2 aliphatic carbocycles. The lowest BCUT2D eigenvalue weighted by Crippen LogP contribution is -2.53. The highest BCUT2D eigenvalue weighted by molar-refractivity contribution is 6.22. The molecule has 4 heteroatoms. The van der Waals surface area contributed by atoms with Crippen molar-refractivity contribution < 1.29 is 9.59 Å². The largest absolute Gasteiger partial charge is 0.286 e. The topological polar surface area (TPSA) is 40.6 Å². The highest BCUT2D eigenvalue weighted by atomic mass is 16.2. The first-order valence-corrected chi connectivity index (χ1v) is 11.4. The van der Waals surface area contributed by atoms with Gasteiger partial charge in [-0.2, -0.15) is 0 Å². The number of rotatable bonds is 5. The quantitative estimate of drug-likeness (QED) is 0.684. The van der Waals surface area contributed by atoms with Gasteiger partial charge in [0.2, 0.25) is 5.91 Å². The maximum Gasteiger partial charge on any atom is 0.251 e. The third kappa shape index (κ3) is 3.89. The molecule has 1 aromatic carbocycles. The van der Waals surface area contributed by atoms with Crippen LogP contribution in [0.25, 0.3) is 0 Å². The minimum atomic E-state index is -0.260. The molecule has 4 rings (SSSR count). The normalized spacial score (nSPS) is 25.1. The van der Waals surface area contributed by atoms with Gasteiger partial charge in [-0.1, -0.05) is 57.6 Å². The Labute approximate surface area is 169 Å². The van der Waals surface area contributed by atoms with Gasteiger partial charge in [0, 0.05) is 12.1 Å². The summed E-state index contributed by atoms with van der Waals surface area (Å²) in [5, 5.41) is 0. The summed E-state index contributed by atoms with van der Waals surface area (Å²) in [6, 6.07) is 8.61. The number of carbonyl (C=O) groups is 2. The van der Waals surface area contributed by atoms with Gasteiger partial charge in [0.1, 0.15) is 0 Å². The monoisotopic (exact) mass is 382 g/mol. The minimum absolute atomic E-state index is 0.00500. The summed E-state index contributed by atoms with van der Waals surface area (Å²) >= 11 is 0. The highest BCUT2D eigenvalue weighted by Gasteiger charge is 2.46. The fourth-order valence-corrected chi connectivity index (χ4v) is 5.57. The van der Waals surface area contributed by atoms with E-state index in [0.717, 1.165) is 12.1 Å². The summed E-state index contributed by atoms with van der Waals surface area (Å²) in [5.41, 5.74) is 1.97. The molecule has 1 aliphatic heterocycles. The molecule has 1 heterocycles. The van der Waals surface area contributed by atoms with Crippen LogP contribution < -0.4 is 4.90 Å². The highest BCUT2D eigenvalue weighted by Crippen LogP contribution is 2.36. The molecule has 1 unspecified atom stereocenters. The summed E-state index contributed by atoms with van der Waals surface area (Å²) in [4.78, 5) is 30.3. The van der Waals surface area contributed by atoms with E-state index in [9.17, 15) is 9.59 Å². The second-order valence-electron chi connectivity index (χ2n) is 8.84. The van der Waals surface area contributed by atoms with Crippen LogP contribution in [-0.4, -0.2) is 34.8 Å². The molecule has 28 heavy (non-hydrogen) atoms. The predicted molar refractivity (Wildman–Crippen MR) is 112 cm³/mol. The first-order valence-electron chi connectivity index (χ1n) is 11.4. The van der Waals surface area contributed by atoms with Crippen LogP contribution >= 0.6 is 0 Å². The van der Waals surface area contributed by atoms with Crippen LogP contribution in [0.2, 0.25) is 0 Å². The standard InChI is InChI=1S/C24H34N2O2/c1-2-18-13-15-21(16-14-18)26-23(27)17-22(24(26)28)25(19-9-5-3-6-10-19)20-11-7-4-8-12-20/h13-16,19-20,22H,2-12,17H2,1H3. The Balaban J connectivity index is 1.59. The van der Waals surface area contributed by atoms with E-state index in [0.29, 0.717) is 18.5 Å². The van der Waals surface area contributed by atoms with E-state index in [1.807, 2.05) is 24.3 Å². The van der Waals surface area contributed by atoms with E-state index >= 15 is 0 Å². The van der Waals surface area contributed by atoms with Gasteiger partial charge in [0.05, 0.1) is 18.2 Å². The molecule has 2 saturated carbocycles. The number of benzene rings is 1.